The van der Waals surface area contributed by atoms with Crippen LogP contribution < -0.4 is 11.3 Å². The zero-order valence-electron chi connectivity index (χ0n) is 10.5. The summed E-state index contributed by atoms with van der Waals surface area (Å²) >= 11 is 0. The molecule has 2 aromatic rings. The van der Waals surface area contributed by atoms with Crippen molar-refractivity contribution in [2.45, 2.75) is 27.3 Å². The number of aryl methyl sites for hydroxylation is 1. The second-order valence-electron chi connectivity index (χ2n) is 4.11. The van der Waals surface area contributed by atoms with E-state index >= 15 is 0 Å². The van der Waals surface area contributed by atoms with E-state index in [4.69, 9.17) is 10.4 Å². The summed E-state index contributed by atoms with van der Waals surface area (Å²) in [6, 6.07) is 1.55. The molecule has 0 unspecified atom stereocenters. The van der Waals surface area contributed by atoms with E-state index in [-0.39, 0.29) is 5.69 Å². The summed E-state index contributed by atoms with van der Waals surface area (Å²) in [5.41, 5.74) is 5.35. The molecule has 0 bridgehead atoms. The van der Waals surface area contributed by atoms with Crippen LogP contribution in [0.4, 0.5) is 0 Å². The first-order valence-electron chi connectivity index (χ1n) is 5.50. The molecular weight excluding hydrogens is 234 g/mol. The average molecular weight is 249 g/mol. The lowest BCUT2D eigenvalue weighted by Crippen LogP contribution is -2.30. The van der Waals surface area contributed by atoms with Gasteiger partial charge in [0.2, 0.25) is 0 Å². The standard InChI is InChI=1S/C11H15N5O2/c1-6-7(2)14-16(8(6)3)5-9-4-10(15-18-9)11(17)13-12/h4H,5,12H2,1-3H3,(H,13,17). The number of rotatable bonds is 3. The Morgan fingerprint density at radius 3 is 2.78 bits per heavy atom. The lowest BCUT2D eigenvalue weighted by atomic mass is 10.2. The molecular formula is C11H15N5O2. The lowest BCUT2D eigenvalue weighted by Gasteiger charge is -2.00. The molecule has 0 atom stereocenters. The van der Waals surface area contributed by atoms with Crippen molar-refractivity contribution in [3.05, 3.63) is 34.5 Å². The highest BCUT2D eigenvalue weighted by Gasteiger charge is 2.13. The van der Waals surface area contributed by atoms with E-state index in [1.165, 1.54) is 0 Å². The molecule has 0 fully saturated rings. The molecule has 0 saturated carbocycles. The monoisotopic (exact) mass is 249 g/mol. The maximum absolute atomic E-state index is 11.2. The highest BCUT2D eigenvalue weighted by atomic mass is 16.5. The molecule has 0 aromatic carbocycles. The maximum atomic E-state index is 11.2. The second kappa shape index (κ2) is 4.61. The molecule has 18 heavy (non-hydrogen) atoms. The third-order valence-corrected chi connectivity index (χ3v) is 2.97. The van der Waals surface area contributed by atoms with E-state index in [1.807, 2.05) is 30.9 Å². The van der Waals surface area contributed by atoms with Crippen LogP contribution in [0.2, 0.25) is 0 Å². The van der Waals surface area contributed by atoms with Crippen LogP contribution >= 0.6 is 0 Å². The van der Waals surface area contributed by atoms with Gasteiger partial charge in [-0.15, -0.1) is 0 Å². The number of nitrogens with zero attached hydrogens (tertiary/aromatic N) is 3. The molecule has 3 N–H and O–H groups in total. The van der Waals surface area contributed by atoms with E-state index in [9.17, 15) is 4.79 Å². The number of hydrogen-bond donors (Lipinski definition) is 2. The highest BCUT2D eigenvalue weighted by molar-refractivity contribution is 5.91. The number of hydrazine groups is 1. The molecule has 2 rings (SSSR count). The number of carbonyl (C=O) groups is 1. The minimum absolute atomic E-state index is 0.158. The minimum atomic E-state index is -0.477. The highest BCUT2D eigenvalue weighted by Crippen LogP contribution is 2.13. The van der Waals surface area contributed by atoms with Crippen LogP contribution in [0.3, 0.4) is 0 Å². The Hall–Kier alpha value is -2.15. The van der Waals surface area contributed by atoms with Crippen LogP contribution in [0.15, 0.2) is 10.6 Å². The molecule has 0 aliphatic carbocycles. The Labute approximate surface area is 104 Å². The number of nitrogens with two attached hydrogens (primary N) is 1. The van der Waals surface area contributed by atoms with E-state index in [1.54, 1.807) is 6.07 Å². The van der Waals surface area contributed by atoms with Crippen molar-refractivity contribution in [3.63, 3.8) is 0 Å². The predicted molar refractivity (Wildman–Crippen MR) is 63.7 cm³/mol. The Bertz CT molecular complexity index is 584. The Morgan fingerprint density at radius 1 is 1.50 bits per heavy atom. The summed E-state index contributed by atoms with van der Waals surface area (Å²) < 4.78 is 6.88. The fourth-order valence-corrected chi connectivity index (χ4v) is 1.66. The zero-order valence-corrected chi connectivity index (χ0v) is 10.5. The van der Waals surface area contributed by atoms with Gasteiger partial charge in [0.15, 0.2) is 11.5 Å². The smallest absolute Gasteiger partial charge is 0.287 e. The summed E-state index contributed by atoms with van der Waals surface area (Å²) in [5, 5.41) is 8.02. The number of amides is 1. The minimum Gasteiger partial charge on any atom is -0.359 e. The van der Waals surface area contributed by atoms with E-state index in [0.29, 0.717) is 12.3 Å². The third kappa shape index (κ3) is 2.12. The first-order valence-corrected chi connectivity index (χ1v) is 5.50. The van der Waals surface area contributed by atoms with E-state index in [0.717, 1.165) is 17.0 Å². The molecule has 0 saturated heterocycles. The largest absolute Gasteiger partial charge is 0.359 e. The number of nitrogen functional groups attached to an aromatic ring is 1. The molecule has 0 spiro atoms. The molecule has 1 amide bonds. The van der Waals surface area contributed by atoms with Gasteiger partial charge in [0.05, 0.1) is 5.69 Å². The van der Waals surface area contributed by atoms with Gasteiger partial charge in [-0.3, -0.25) is 14.9 Å². The fraction of sp³-hybridized carbons (Fsp3) is 0.364. The van der Waals surface area contributed by atoms with E-state index < -0.39 is 5.91 Å². The van der Waals surface area contributed by atoms with Gasteiger partial charge in [-0.2, -0.15) is 5.10 Å². The predicted octanol–water partition coefficient (Wildman–Crippen LogP) is 0.448. The SMILES string of the molecule is Cc1nn(Cc2cc(C(=O)NN)no2)c(C)c1C. The van der Waals surface area contributed by atoms with Crippen molar-refractivity contribution in [1.29, 1.82) is 0 Å². The van der Waals surface area contributed by atoms with Crippen molar-refractivity contribution in [2.24, 2.45) is 5.84 Å². The second-order valence-corrected chi connectivity index (χ2v) is 4.11. The van der Waals surface area contributed by atoms with Gasteiger partial charge in [-0.05, 0) is 26.3 Å². The number of aromatic nitrogens is 3. The number of hydrogen-bond acceptors (Lipinski definition) is 5. The van der Waals surface area contributed by atoms with Gasteiger partial charge in [-0.25, -0.2) is 5.84 Å². The molecule has 2 heterocycles. The maximum Gasteiger partial charge on any atom is 0.287 e. The summed E-state index contributed by atoms with van der Waals surface area (Å²) in [5.74, 6) is 5.09. The first kappa shape index (κ1) is 12.3. The molecule has 7 nitrogen and oxygen atoms in total. The van der Waals surface area contributed by atoms with Gasteiger partial charge in [-0.1, -0.05) is 5.16 Å². The Kier molecular flexibility index (Phi) is 3.15. The molecule has 7 heteroatoms. The summed E-state index contributed by atoms with van der Waals surface area (Å²) in [7, 11) is 0. The van der Waals surface area contributed by atoms with Crippen molar-refractivity contribution in [2.75, 3.05) is 0 Å². The van der Waals surface area contributed by atoms with Crippen molar-refractivity contribution in [1.82, 2.24) is 20.4 Å². The van der Waals surface area contributed by atoms with Gasteiger partial charge in [0.1, 0.15) is 6.54 Å². The fourth-order valence-electron chi connectivity index (χ4n) is 1.66. The van der Waals surface area contributed by atoms with Crippen LogP contribution in [0.1, 0.15) is 33.2 Å². The quantitative estimate of drug-likeness (QED) is 0.467. The number of carbonyl (C=O) groups excluding carboxylic acids is 1. The first-order chi connectivity index (χ1) is 8.52. The van der Waals surface area contributed by atoms with Crippen LogP contribution in [-0.2, 0) is 6.54 Å². The molecule has 2 aromatic heterocycles. The number of nitrogens with one attached hydrogen (secondary N) is 1. The Balaban J connectivity index is 2.21. The van der Waals surface area contributed by atoms with Crippen LogP contribution in [-0.4, -0.2) is 20.8 Å². The summed E-state index contributed by atoms with van der Waals surface area (Å²) in [6.45, 7) is 6.39. The van der Waals surface area contributed by atoms with Crippen molar-refractivity contribution >= 4 is 5.91 Å². The van der Waals surface area contributed by atoms with Gasteiger partial charge in [0.25, 0.3) is 5.91 Å². The summed E-state index contributed by atoms with van der Waals surface area (Å²) in [6.07, 6.45) is 0. The van der Waals surface area contributed by atoms with Crippen molar-refractivity contribution < 1.29 is 9.32 Å². The van der Waals surface area contributed by atoms with Gasteiger partial charge < -0.3 is 4.52 Å². The van der Waals surface area contributed by atoms with Gasteiger partial charge >= 0.3 is 0 Å². The van der Waals surface area contributed by atoms with Crippen molar-refractivity contribution in [3.8, 4) is 0 Å². The van der Waals surface area contributed by atoms with E-state index in [2.05, 4.69) is 10.3 Å². The van der Waals surface area contributed by atoms with Crippen LogP contribution in [0.25, 0.3) is 0 Å². The molecule has 96 valence electrons. The van der Waals surface area contributed by atoms with Crippen LogP contribution in [0, 0.1) is 20.8 Å². The molecule has 0 aliphatic rings. The van der Waals surface area contributed by atoms with Crippen LogP contribution in [0.5, 0.6) is 0 Å². The normalized spacial score (nSPS) is 10.7. The molecule has 0 aliphatic heterocycles. The zero-order chi connectivity index (χ0) is 13.3. The van der Waals surface area contributed by atoms with Gasteiger partial charge in [0, 0.05) is 11.8 Å². The average Bonchev–Trinajstić information content (AvgIpc) is 2.91. The third-order valence-electron chi connectivity index (χ3n) is 2.97. The Morgan fingerprint density at radius 2 is 2.22 bits per heavy atom. The lowest BCUT2D eigenvalue weighted by molar-refractivity contribution is 0.0944. The summed E-state index contributed by atoms with van der Waals surface area (Å²) in [4.78, 5) is 11.2. The topological polar surface area (TPSA) is 99.0 Å². The molecule has 0 radical (unpaired) electrons.